The Labute approximate surface area is 225 Å². The molecule has 1 unspecified atom stereocenters. The van der Waals surface area contributed by atoms with E-state index in [4.69, 9.17) is 9.15 Å². The highest BCUT2D eigenvalue weighted by Gasteiger charge is 2.23. The largest absolute Gasteiger partial charge is 0.495 e. The minimum Gasteiger partial charge on any atom is -0.495 e. The Morgan fingerprint density at radius 2 is 1.76 bits per heavy atom. The van der Waals surface area contributed by atoms with Crippen molar-refractivity contribution in [2.45, 2.75) is 12.5 Å². The molecule has 2 N–H and O–H groups in total. The number of hydrogen-bond acceptors (Lipinski definition) is 7. The summed E-state index contributed by atoms with van der Waals surface area (Å²) in [6.45, 7) is 0. The van der Waals surface area contributed by atoms with E-state index in [0.717, 1.165) is 5.39 Å². The molecule has 0 saturated heterocycles. The molecule has 2 amide bonds. The van der Waals surface area contributed by atoms with Gasteiger partial charge in [-0.1, -0.05) is 30.3 Å². The van der Waals surface area contributed by atoms with Gasteiger partial charge in [0.25, 0.3) is 5.91 Å². The molecule has 196 valence electrons. The number of rotatable bonds is 10. The summed E-state index contributed by atoms with van der Waals surface area (Å²) >= 11 is 1.59. The van der Waals surface area contributed by atoms with Crippen LogP contribution < -0.4 is 25.9 Å². The molecule has 0 aliphatic heterocycles. The summed E-state index contributed by atoms with van der Waals surface area (Å²) in [5, 5.41) is 6.56. The fourth-order valence-corrected chi connectivity index (χ4v) is 4.54. The predicted octanol–water partition coefficient (Wildman–Crippen LogP) is 5.06. The van der Waals surface area contributed by atoms with Crippen LogP contribution in [0.15, 0.2) is 88.1 Å². The third-order valence-corrected chi connectivity index (χ3v) is 6.73. The normalized spacial score (nSPS) is 11.6. The zero-order valence-corrected chi connectivity index (χ0v) is 22.2. The van der Waals surface area contributed by atoms with Gasteiger partial charge in [-0.05, 0) is 60.9 Å². The van der Waals surface area contributed by atoms with Gasteiger partial charge in [-0.3, -0.25) is 9.59 Å². The molecule has 0 spiro atoms. The molecule has 4 rings (SSSR count). The molecule has 4 aromatic rings. The van der Waals surface area contributed by atoms with Crippen molar-refractivity contribution in [2.24, 2.45) is 0 Å². The van der Waals surface area contributed by atoms with Crippen molar-refractivity contribution in [3.8, 4) is 5.75 Å². The summed E-state index contributed by atoms with van der Waals surface area (Å²) in [7, 11) is 3.35. The van der Waals surface area contributed by atoms with Crippen LogP contribution in [-0.4, -0.2) is 44.0 Å². The number of amides is 2. The van der Waals surface area contributed by atoms with E-state index >= 15 is 0 Å². The Kier molecular flexibility index (Phi) is 8.70. The van der Waals surface area contributed by atoms with Crippen LogP contribution in [0.3, 0.4) is 0 Å². The number of fused-ring (bicyclic) bond motifs is 1. The zero-order valence-electron chi connectivity index (χ0n) is 21.4. The van der Waals surface area contributed by atoms with Crippen LogP contribution in [0, 0.1) is 0 Å². The van der Waals surface area contributed by atoms with Crippen LogP contribution in [0.4, 0.5) is 17.1 Å². The number of carbonyl (C=O) groups excluding carboxylic acids is 2. The minimum absolute atomic E-state index is 0.318. The lowest BCUT2D eigenvalue weighted by molar-refractivity contribution is -0.118. The van der Waals surface area contributed by atoms with Gasteiger partial charge in [-0.25, -0.2) is 4.79 Å². The lowest BCUT2D eigenvalue weighted by Crippen LogP contribution is -2.44. The average Bonchev–Trinajstić information content (AvgIpc) is 2.94. The number of ether oxygens (including phenoxy) is 1. The molecular formula is C29H29N3O5S. The minimum atomic E-state index is -0.746. The Morgan fingerprint density at radius 1 is 1.03 bits per heavy atom. The molecule has 0 aliphatic rings. The number of nitrogens with zero attached hydrogens (tertiary/aromatic N) is 1. The van der Waals surface area contributed by atoms with Gasteiger partial charge < -0.3 is 24.7 Å². The van der Waals surface area contributed by atoms with E-state index in [1.54, 1.807) is 60.3 Å². The molecule has 1 heterocycles. The van der Waals surface area contributed by atoms with Crippen LogP contribution >= 0.6 is 11.8 Å². The van der Waals surface area contributed by atoms with E-state index in [1.165, 1.54) is 13.2 Å². The molecule has 0 bridgehead atoms. The van der Waals surface area contributed by atoms with E-state index in [-0.39, 0.29) is 11.8 Å². The number of methoxy groups -OCH3 is 1. The van der Waals surface area contributed by atoms with Gasteiger partial charge in [-0.15, -0.1) is 0 Å². The van der Waals surface area contributed by atoms with E-state index in [0.29, 0.717) is 46.1 Å². The lowest BCUT2D eigenvalue weighted by atomic mass is 10.1. The molecule has 38 heavy (non-hydrogen) atoms. The summed E-state index contributed by atoms with van der Waals surface area (Å²) in [6.07, 6.45) is 2.41. The van der Waals surface area contributed by atoms with Crippen LogP contribution in [0.1, 0.15) is 16.8 Å². The topological polar surface area (TPSA) is 101 Å². The highest BCUT2D eigenvalue weighted by Crippen LogP contribution is 2.34. The molecule has 0 radical (unpaired) electrons. The van der Waals surface area contributed by atoms with Crippen molar-refractivity contribution < 1.29 is 18.7 Å². The Morgan fingerprint density at radius 3 is 2.50 bits per heavy atom. The first kappa shape index (κ1) is 26.8. The standard InChI is InChI=1S/C29H29N3O5S/c1-32(24-18-27(33)37-25-12-8-7-11-21(24)25)20-13-14-26(36-2)23(17-20)31-29(35)22(15-16-38-3)30-28(34)19-9-5-4-6-10-19/h4-14,17-18,22H,15-16H2,1-3H3,(H,30,34)(H,31,35). The first-order valence-electron chi connectivity index (χ1n) is 12.0. The van der Waals surface area contributed by atoms with Crippen molar-refractivity contribution in [3.63, 3.8) is 0 Å². The number of nitrogens with one attached hydrogen (secondary N) is 2. The first-order valence-corrected chi connectivity index (χ1v) is 13.4. The molecule has 0 saturated carbocycles. The van der Waals surface area contributed by atoms with Gasteiger partial charge in [0.15, 0.2) is 0 Å². The van der Waals surface area contributed by atoms with Gasteiger partial charge in [-0.2, -0.15) is 11.8 Å². The smallest absolute Gasteiger partial charge is 0.338 e. The third kappa shape index (κ3) is 6.18. The van der Waals surface area contributed by atoms with Crippen LogP contribution in [0.5, 0.6) is 5.75 Å². The number of anilines is 3. The molecule has 0 aliphatic carbocycles. The Balaban J connectivity index is 1.61. The first-order chi connectivity index (χ1) is 18.4. The summed E-state index contributed by atoms with van der Waals surface area (Å²) in [5.41, 5.74) is 2.32. The predicted molar refractivity (Wildman–Crippen MR) is 153 cm³/mol. The van der Waals surface area contributed by atoms with Gasteiger partial charge >= 0.3 is 5.63 Å². The van der Waals surface area contributed by atoms with Crippen molar-refractivity contribution in [1.29, 1.82) is 0 Å². The van der Waals surface area contributed by atoms with Gasteiger partial charge in [0.1, 0.15) is 17.4 Å². The Bertz CT molecular complexity index is 1490. The van der Waals surface area contributed by atoms with Gasteiger partial charge in [0.05, 0.1) is 18.5 Å². The fourth-order valence-electron chi connectivity index (χ4n) is 4.07. The summed E-state index contributed by atoms with van der Waals surface area (Å²) in [5.74, 6) is 0.483. The van der Waals surface area contributed by atoms with Crippen molar-refractivity contribution in [3.05, 3.63) is 94.8 Å². The fraction of sp³-hybridized carbons (Fsp3) is 0.207. The van der Waals surface area contributed by atoms with E-state index in [2.05, 4.69) is 10.6 Å². The SMILES string of the molecule is COc1ccc(N(C)c2cc(=O)oc3ccccc23)cc1NC(=O)C(CCSC)NC(=O)c1ccccc1. The highest BCUT2D eigenvalue weighted by molar-refractivity contribution is 7.98. The number of hydrogen-bond donors (Lipinski definition) is 2. The monoisotopic (exact) mass is 531 g/mol. The second kappa shape index (κ2) is 12.3. The van der Waals surface area contributed by atoms with Crippen molar-refractivity contribution in [2.75, 3.05) is 36.4 Å². The van der Waals surface area contributed by atoms with Crippen molar-refractivity contribution in [1.82, 2.24) is 5.32 Å². The average molecular weight is 532 g/mol. The van der Waals surface area contributed by atoms with Crippen molar-refractivity contribution >= 4 is 51.6 Å². The second-order valence-corrected chi connectivity index (χ2v) is 9.54. The quantitative estimate of drug-likeness (QED) is 0.276. The molecular weight excluding hydrogens is 502 g/mol. The van der Waals surface area contributed by atoms with Gasteiger partial charge in [0.2, 0.25) is 5.91 Å². The maximum absolute atomic E-state index is 13.4. The van der Waals surface area contributed by atoms with E-state index in [1.807, 2.05) is 42.5 Å². The summed E-state index contributed by atoms with van der Waals surface area (Å²) in [4.78, 5) is 40.2. The second-order valence-electron chi connectivity index (χ2n) is 8.55. The molecule has 9 heteroatoms. The van der Waals surface area contributed by atoms with Gasteiger partial charge in [0, 0.05) is 29.8 Å². The number of thioether (sulfide) groups is 1. The summed E-state index contributed by atoms with van der Waals surface area (Å²) in [6, 6.07) is 22.1. The number of benzene rings is 3. The number of carbonyl (C=O) groups is 2. The van der Waals surface area contributed by atoms with Crippen LogP contribution in [-0.2, 0) is 4.79 Å². The molecule has 8 nitrogen and oxygen atoms in total. The lowest BCUT2D eigenvalue weighted by Gasteiger charge is -2.23. The molecule has 3 aromatic carbocycles. The molecule has 1 aromatic heterocycles. The van der Waals surface area contributed by atoms with E-state index < -0.39 is 11.7 Å². The van der Waals surface area contributed by atoms with Crippen LogP contribution in [0.25, 0.3) is 11.0 Å². The summed E-state index contributed by atoms with van der Waals surface area (Å²) < 4.78 is 10.8. The molecule has 0 fully saturated rings. The highest BCUT2D eigenvalue weighted by atomic mass is 32.2. The Hall–Kier alpha value is -4.24. The molecule has 1 atom stereocenters. The maximum atomic E-state index is 13.4. The maximum Gasteiger partial charge on any atom is 0.338 e. The zero-order chi connectivity index (χ0) is 27.1. The number of para-hydroxylation sites is 1. The van der Waals surface area contributed by atoms with E-state index in [9.17, 15) is 14.4 Å². The third-order valence-electron chi connectivity index (χ3n) is 6.09. The van der Waals surface area contributed by atoms with Crippen LogP contribution in [0.2, 0.25) is 0 Å².